The molecule has 6 heteroatoms. The van der Waals surface area contributed by atoms with Crippen molar-refractivity contribution < 1.29 is 4.79 Å². The number of hydrogen-bond acceptors (Lipinski definition) is 4. The molecule has 1 aromatic heterocycles. The van der Waals surface area contributed by atoms with Crippen LogP contribution in [0.25, 0.3) is 11.4 Å². The van der Waals surface area contributed by atoms with Crippen LogP contribution in [0.5, 0.6) is 0 Å². The molecule has 3 rings (SSSR count). The van der Waals surface area contributed by atoms with Gasteiger partial charge in [0.05, 0.1) is 5.75 Å². The smallest absolute Gasteiger partial charge is 0.234 e. The molecule has 1 amide bonds. The Bertz CT molecular complexity index is 748. The standard InChI is InChI=1S/C19H26N4OS/c1-19(2,3)25-13-17(24)20-15-9-7-8-14(12-15)18-22-21-16-10-5-4-6-11-23(16)18/h7-9,12H,4-6,10-11,13H2,1-3H3,(H,20,24). The Kier molecular flexibility index (Phi) is 5.47. The highest BCUT2D eigenvalue weighted by atomic mass is 32.2. The third-order valence-electron chi connectivity index (χ3n) is 4.15. The highest BCUT2D eigenvalue weighted by Crippen LogP contribution is 2.26. The number of aromatic nitrogens is 3. The average Bonchev–Trinajstić information content (AvgIpc) is 2.81. The highest BCUT2D eigenvalue weighted by molar-refractivity contribution is 8.01. The molecule has 25 heavy (non-hydrogen) atoms. The Morgan fingerprint density at radius 2 is 2.08 bits per heavy atom. The predicted octanol–water partition coefficient (Wildman–Crippen LogP) is 4.14. The SMILES string of the molecule is CC(C)(C)SCC(=O)Nc1cccc(-c2nnc3n2CCCCC3)c1. The first-order valence-electron chi connectivity index (χ1n) is 8.89. The molecule has 1 aliphatic heterocycles. The number of benzene rings is 1. The van der Waals surface area contributed by atoms with Crippen LogP contribution in [0, 0.1) is 0 Å². The van der Waals surface area contributed by atoms with Gasteiger partial charge in [-0.3, -0.25) is 4.79 Å². The molecule has 0 spiro atoms. The number of thioether (sulfide) groups is 1. The molecule has 2 aromatic rings. The fourth-order valence-corrected chi connectivity index (χ4v) is 3.55. The van der Waals surface area contributed by atoms with Crippen LogP contribution >= 0.6 is 11.8 Å². The van der Waals surface area contributed by atoms with Crippen molar-refractivity contribution >= 4 is 23.4 Å². The van der Waals surface area contributed by atoms with E-state index in [1.54, 1.807) is 11.8 Å². The first-order valence-corrected chi connectivity index (χ1v) is 9.87. The average molecular weight is 359 g/mol. The number of carbonyl (C=O) groups is 1. The molecule has 0 saturated carbocycles. The topological polar surface area (TPSA) is 59.8 Å². The van der Waals surface area contributed by atoms with Gasteiger partial charge in [-0.2, -0.15) is 0 Å². The zero-order valence-electron chi connectivity index (χ0n) is 15.2. The Balaban J connectivity index is 1.74. The number of nitrogens with one attached hydrogen (secondary N) is 1. The molecule has 0 aliphatic carbocycles. The molecule has 1 N–H and O–H groups in total. The largest absolute Gasteiger partial charge is 0.325 e. The Hall–Kier alpha value is -1.82. The summed E-state index contributed by atoms with van der Waals surface area (Å²) in [5.74, 6) is 2.45. The van der Waals surface area contributed by atoms with Gasteiger partial charge in [0.25, 0.3) is 0 Å². The van der Waals surface area contributed by atoms with Gasteiger partial charge in [-0.1, -0.05) is 39.3 Å². The molecule has 1 aliphatic rings. The van der Waals surface area contributed by atoms with Crippen molar-refractivity contribution in [1.29, 1.82) is 0 Å². The van der Waals surface area contributed by atoms with E-state index >= 15 is 0 Å². The molecule has 0 atom stereocenters. The summed E-state index contributed by atoms with van der Waals surface area (Å²) in [6.07, 6.45) is 4.58. The second kappa shape index (κ2) is 7.60. The minimum absolute atomic E-state index is 0.0251. The van der Waals surface area contributed by atoms with Crippen molar-refractivity contribution in [2.24, 2.45) is 0 Å². The van der Waals surface area contributed by atoms with Crippen molar-refractivity contribution in [3.05, 3.63) is 30.1 Å². The highest BCUT2D eigenvalue weighted by Gasteiger charge is 2.17. The van der Waals surface area contributed by atoms with Crippen LogP contribution < -0.4 is 5.32 Å². The minimum atomic E-state index is 0.0251. The number of hydrogen-bond donors (Lipinski definition) is 1. The van der Waals surface area contributed by atoms with Crippen LogP contribution in [0.3, 0.4) is 0 Å². The lowest BCUT2D eigenvalue weighted by Crippen LogP contribution is -2.18. The van der Waals surface area contributed by atoms with Crippen molar-refractivity contribution in [1.82, 2.24) is 14.8 Å². The van der Waals surface area contributed by atoms with Crippen LogP contribution in [-0.4, -0.2) is 31.2 Å². The van der Waals surface area contributed by atoms with Gasteiger partial charge in [0.15, 0.2) is 5.82 Å². The number of carbonyl (C=O) groups excluding carboxylic acids is 1. The van der Waals surface area contributed by atoms with E-state index in [4.69, 9.17) is 0 Å². The molecule has 1 aromatic carbocycles. The fraction of sp³-hybridized carbons (Fsp3) is 0.526. The van der Waals surface area contributed by atoms with Gasteiger partial charge in [-0.15, -0.1) is 22.0 Å². The van der Waals surface area contributed by atoms with Gasteiger partial charge in [0.2, 0.25) is 5.91 Å². The van der Waals surface area contributed by atoms with E-state index < -0.39 is 0 Å². The third kappa shape index (κ3) is 4.84. The normalized spacial score (nSPS) is 14.7. The number of amides is 1. The van der Waals surface area contributed by atoms with Gasteiger partial charge in [-0.05, 0) is 25.0 Å². The molecule has 0 fully saturated rings. The number of aryl methyl sites for hydroxylation is 1. The van der Waals surface area contributed by atoms with E-state index in [0.717, 1.165) is 35.9 Å². The fourth-order valence-electron chi connectivity index (χ4n) is 2.91. The second-order valence-electron chi connectivity index (χ2n) is 7.43. The molecule has 0 bridgehead atoms. The summed E-state index contributed by atoms with van der Waals surface area (Å²) >= 11 is 1.65. The maximum atomic E-state index is 12.2. The summed E-state index contributed by atoms with van der Waals surface area (Å²) in [5.41, 5.74) is 1.81. The first-order chi connectivity index (χ1) is 11.9. The monoisotopic (exact) mass is 358 g/mol. The van der Waals surface area contributed by atoms with Crippen LogP contribution in [-0.2, 0) is 17.8 Å². The maximum Gasteiger partial charge on any atom is 0.234 e. The lowest BCUT2D eigenvalue weighted by molar-refractivity contribution is -0.113. The summed E-state index contributed by atoms with van der Waals surface area (Å²) in [5, 5.41) is 11.7. The molecule has 134 valence electrons. The zero-order valence-corrected chi connectivity index (χ0v) is 16.0. The Labute approximate surface area is 153 Å². The third-order valence-corrected chi connectivity index (χ3v) is 5.42. The summed E-state index contributed by atoms with van der Waals surface area (Å²) in [4.78, 5) is 12.2. The Morgan fingerprint density at radius 1 is 1.24 bits per heavy atom. The molecule has 0 radical (unpaired) electrons. The van der Waals surface area contributed by atoms with E-state index in [9.17, 15) is 4.79 Å². The van der Waals surface area contributed by atoms with Gasteiger partial charge in [0.1, 0.15) is 5.82 Å². The minimum Gasteiger partial charge on any atom is -0.325 e. The molecule has 0 saturated heterocycles. The molecular formula is C19H26N4OS. The van der Waals surface area contributed by atoms with E-state index in [2.05, 4.69) is 40.9 Å². The predicted molar refractivity (Wildman–Crippen MR) is 104 cm³/mol. The Morgan fingerprint density at radius 3 is 2.88 bits per heavy atom. The summed E-state index contributed by atoms with van der Waals surface area (Å²) in [6, 6.07) is 7.90. The second-order valence-corrected chi connectivity index (χ2v) is 9.23. The molecule has 2 heterocycles. The molecule has 5 nitrogen and oxygen atoms in total. The summed E-state index contributed by atoms with van der Waals surface area (Å²) in [7, 11) is 0. The van der Waals surface area contributed by atoms with Crippen LogP contribution in [0.1, 0.15) is 45.9 Å². The zero-order chi connectivity index (χ0) is 17.9. The van der Waals surface area contributed by atoms with Gasteiger partial charge < -0.3 is 9.88 Å². The number of fused-ring (bicyclic) bond motifs is 1. The number of anilines is 1. The number of nitrogens with zero attached hydrogens (tertiary/aromatic N) is 3. The van der Waals surface area contributed by atoms with E-state index in [1.807, 2.05) is 24.3 Å². The van der Waals surface area contributed by atoms with E-state index in [0.29, 0.717) is 5.75 Å². The van der Waals surface area contributed by atoms with Gasteiger partial charge in [-0.25, -0.2) is 0 Å². The van der Waals surface area contributed by atoms with Crippen molar-refractivity contribution in [3.8, 4) is 11.4 Å². The van der Waals surface area contributed by atoms with Crippen molar-refractivity contribution in [2.45, 2.75) is 57.7 Å². The van der Waals surface area contributed by atoms with E-state index in [-0.39, 0.29) is 10.7 Å². The van der Waals surface area contributed by atoms with Crippen LogP contribution in [0.15, 0.2) is 24.3 Å². The lowest BCUT2D eigenvalue weighted by atomic mass is 10.2. The van der Waals surface area contributed by atoms with Crippen LogP contribution in [0.4, 0.5) is 5.69 Å². The van der Waals surface area contributed by atoms with Gasteiger partial charge >= 0.3 is 0 Å². The van der Waals surface area contributed by atoms with Gasteiger partial charge in [0, 0.05) is 29.0 Å². The van der Waals surface area contributed by atoms with Crippen LogP contribution in [0.2, 0.25) is 0 Å². The number of rotatable bonds is 4. The lowest BCUT2D eigenvalue weighted by Gasteiger charge is -2.17. The summed E-state index contributed by atoms with van der Waals surface area (Å²) in [6.45, 7) is 7.31. The van der Waals surface area contributed by atoms with Crippen molar-refractivity contribution in [3.63, 3.8) is 0 Å². The maximum absolute atomic E-state index is 12.2. The summed E-state index contributed by atoms with van der Waals surface area (Å²) < 4.78 is 2.31. The molecular weight excluding hydrogens is 332 g/mol. The van der Waals surface area contributed by atoms with Crippen molar-refractivity contribution in [2.75, 3.05) is 11.1 Å². The molecule has 0 unspecified atom stereocenters. The quantitative estimate of drug-likeness (QED) is 0.892. The first kappa shape index (κ1) is 18.0. The van der Waals surface area contributed by atoms with E-state index in [1.165, 1.54) is 19.3 Å².